The Morgan fingerprint density at radius 3 is 2.21 bits per heavy atom. The number of thiol groups is 1. The molecule has 0 unspecified atom stereocenters. The van der Waals surface area contributed by atoms with Crippen LogP contribution in [0.1, 0.15) is 0 Å². The highest BCUT2D eigenvalue weighted by atomic mass is 32.2. The van der Waals surface area contributed by atoms with Gasteiger partial charge in [0.2, 0.25) is 0 Å². The van der Waals surface area contributed by atoms with Crippen LogP contribution >= 0.6 is 12.6 Å². The van der Waals surface area contributed by atoms with Crippen LogP contribution in [0.15, 0.2) is 52.3 Å². The van der Waals surface area contributed by atoms with Crippen LogP contribution in [0.4, 0.5) is 17.1 Å². The number of nitrogens with two attached hydrogens (primary N) is 1. The standard InChI is InChI=1S/C12H12N2O3S2/c13-8-1-3-9(4-2-8)14-10-5-6-11(18)12(7-10)19(15,16)17/h1-7,14,18H,13H2,(H,15,16,17). The second kappa shape index (κ2) is 5.12. The number of benzene rings is 2. The minimum absolute atomic E-state index is 0.186. The minimum Gasteiger partial charge on any atom is -0.399 e. The summed E-state index contributed by atoms with van der Waals surface area (Å²) in [5.41, 5.74) is 7.48. The summed E-state index contributed by atoms with van der Waals surface area (Å²) >= 11 is 3.99. The maximum atomic E-state index is 11.2. The molecule has 0 aliphatic carbocycles. The zero-order valence-electron chi connectivity index (χ0n) is 9.74. The van der Waals surface area contributed by atoms with Crippen LogP contribution in [0.3, 0.4) is 0 Å². The SMILES string of the molecule is Nc1ccc(Nc2ccc(S)c(S(=O)(=O)O)c2)cc1. The lowest BCUT2D eigenvalue weighted by Gasteiger charge is -2.09. The van der Waals surface area contributed by atoms with E-state index in [1.54, 1.807) is 30.3 Å². The Morgan fingerprint density at radius 1 is 1.05 bits per heavy atom. The second-order valence-electron chi connectivity index (χ2n) is 3.90. The van der Waals surface area contributed by atoms with Crippen molar-refractivity contribution in [2.24, 2.45) is 0 Å². The average Bonchev–Trinajstić information content (AvgIpc) is 2.33. The highest BCUT2D eigenvalue weighted by molar-refractivity contribution is 7.87. The van der Waals surface area contributed by atoms with E-state index in [1.807, 2.05) is 0 Å². The monoisotopic (exact) mass is 296 g/mol. The fourth-order valence-electron chi connectivity index (χ4n) is 1.53. The molecule has 0 amide bonds. The molecule has 2 aromatic rings. The van der Waals surface area contributed by atoms with Gasteiger partial charge in [-0.05, 0) is 42.5 Å². The summed E-state index contributed by atoms with van der Waals surface area (Å²) in [5.74, 6) is 0. The molecule has 7 heteroatoms. The van der Waals surface area contributed by atoms with Gasteiger partial charge in [0, 0.05) is 22.0 Å². The molecule has 2 aromatic carbocycles. The fourth-order valence-corrected chi connectivity index (χ4v) is 2.63. The van der Waals surface area contributed by atoms with Crippen LogP contribution in [0.5, 0.6) is 0 Å². The van der Waals surface area contributed by atoms with E-state index in [-0.39, 0.29) is 9.79 Å². The Bertz CT molecular complexity index is 697. The number of rotatable bonds is 3. The molecule has 0 aliphatic heterocycles. The molecule has 4 N–H and O–H groups in total. The number of nitrogens with one attached hydrogen (secondary N) is 1. The van der Waals surface area contributed by atoms with Gasteiger partial charge in [0.05, 0.1) is 0 Å². The molecule has 0 bridgehead atoms. The molecular weight excluding hydrogens is 284 g/mol. The Hall–Kier alpha value is -1.70. The van der Waals surface area contributed by atoms with E-state index >= 15 is 0 Å². The molecular formula is C12H12N2O3S2. The van der Waals surface area contributed by atoms with Crippen molar-refractivity contribution in [2.45, 2.75) is 9.79 Å². The van der Waals surface area contributed by atoms with E-state index in [0.717, 1.165) is 5.69 Å². The molecule has 2 rings (SSSR count). The van der Waals surface area contributed by atoms with Crippen molar-refractivity contribution in [3.63, 3.8) is 0 Å². The highest BCUT2D eigenvalue weighted by Crippen LogP contribution is 2.25. The largest absolute Gasteiger partial charge is 0.399 e. The first-order chi connectivity index (χ1) is 8.86. The van der Waals surface area contributed by atoms with Gasteiger partial charge in [0.25, 0.3) is 10.1 Å². The van der Waals surface area contributed by atoms with Crippen LogP contribution in [0.2, 0.25) is 0 Å². The molecule has 0 saturated heterocycles. The molecule has 0 heterocycles. The van der Waals surface area contributed by atoms with Crippen molar-refractivity contribution in [3.05, 3.63) is 42.5 Å². The van der Waals surface area contributed by atoms with Gasteiger partial charge in [0.15, 0.2) is 0 Å². The van der Waals surface area contributed by atoms with Gasteiger partial charge < -0.3 is 11.1 Å². The first-order valence-electron chi connectivity index (χ1n) is 5.29. The molecule has 100 valence electrons. The van der Waals surface area contributed by atoms with Crippen LogP contribution in [0, 0.1) is 0 Å². The molecule has 0 fully saturated rings. The van der Waals surface area contributed by atoms with E-state index < -0.39 is 10.1 Å². The third-order valence-corrected chi connectivity index (χ3v) is 3.87. The summed E-state index contributed by atoms with van der Waals surface area (Å²) in [6, 6.07) is 11.4. The van der Waals surface area contributed by atoms with Gasteiger partial charge in [0.1, 0.15) is 4.90 Å². The first kappa shape index (κ1) is 13.7. The molecule has 0 aliphatic rings. The topological polar surface area (TPSA) is 92.4 Å². The van der Waals surface area contributed by atoms with E-state index in [4.69, 9.17) is 10.3 Å². The third kappa shape index (κ3) is 3.40. The number of hydrogen-bond acceptors (Lipinski definition) is 5. The smallest absolute Gasteiger partial charge is 0.295 e. The highest BCUT2D eigenvalue weighted by Gasteiger charge is 2.14. The minimum atomic E-state index is -4.29. The lowest BCUT2D eigenvalue weighted by atomic mass is 10.2. The van der Waals surface area contributed by atoms with Gasteiger partial charge in [-0.3, -0.25) is 4.55 Å². The molecule has 0 spiro atoms. The Morgan fingerprint density at radius 2 is 1.63 bits per heavy atom. The molecule has 0 radical (unpaired) electrons. The Balaban J connectivity index is 2.34. The summed E-state index contributed by atoms with van der Waals surface area (Å²) in [6.45, 7) is 0. The van der Waals surface area contributed by atoms with Gasteiger partial charge in [-0.1, -0.05) is 0 Å². The fraction of sp³-hybridized carbons (Fsp3) is 0. The van der Waals surface area contributed by atoms with Crippen LogP contribution < -0.4 is 11.1 Å². The quantitative estimate of drug-likeness (QED) is 0.397. The molecule has 0 atom stereocenters. The number of nitrogen functional groups attached to an aromatic ring is 1. The van der Waals surface area contributed by atoms with Gasteiger partial charge >= 0.3 is 0 Å². The molecule has 0 saturated carbocycles. The van der Waals surface area contributed by atoms with E-state index in [1.165, 1.54) is 12.1 Å². The molecule has 5 nitrogen and oxygen atoms in total. The lowest BCUT2D eigenvalue weighted by molar-refractivity contribution is 0.481. The summed E-state index contributed by atoms with van der Waals surface area (Å²) in [5, 5.41) is 3.01. The zero-order chi connectivity index (χ0) is 14.0. The summed E-state index contributed by atoms with van der Waals surface area (Å²) in [6.07, 6.45) is 0. The number of anilines is 3. The van der Waals surface area contributed by atoms with Crippen LogP contribution in [0.25, 0.3) is 0 Å². The van der Waals surface area contributed by atoms with Crippen LogP contribution in [-0.2, 0) is 10.1 Å². The van der Waals surface area contributed by atoms with Crippen molar-refractivity contribution in [1.29, 1.82) is 0 Å². The Labute approximate surface area is 116 Å². The van der Waals surface area contributed by atoms with Crippen molar-refractivity contribution in [3.8, 4) is 0 Å². The maximum absolute atomic E-state index is 11.2. The second-order valence-corrected chi connectivity index (χ2v) is 5.78. The normalized spacial score (nSPS) is 11.3. The Kier molecular flexibility index (Phi) is 3.70. The van der Waals surface area contributed by atoms with Gasteiger partial charge in [-0.2, -0.15) is 8.42 Å². The summed E-state index contributed by atoms with van der Waals surface area (Å²) in [7, 11) is -4.29. The first-order valence-corrected chi connectivity index (χ1v) is 7.18. The predicted octanol–water partition coefficient (Wildman–Crippen LogP) is 2.55. The molecule has 0 aromatic heterocycles. The van der Waals surface area contributed by atoms with Crippen molar-refractivity contribution >= 4 is 39.8 Å². The van der Waals surface area contributed by atoms with E-state index in [2.05, 4.69) is 17.9 Å². The lowest BCUT2D eigenvalue weighted by Crippen LogP contribution is -2.01. The number of hydrogen-bond donors (Lipinski definition) is 4. The van der Waals surface area contributed by atoms with Gasteiger partial charge in [-0.15, -0.1) is 12.6 Å². The summed E-state index contributed by atoms with van der Waals surface area (Å²) in [4.78, 5) is -0.0540. The van der Waals surface area contributed by atoms with Crippen molar-refractivity contribution in [1.82, 2.24) is 0 Å². The van der Waals surface area contributed by atoms with E-state index in [9.17, 15) is 8.42 Å². The van der Waals surface area contributed by atoms with Crippen molar-refractivity contribution in [2.75, 3.05) is 11.1 Å². The van der Waals surface area contributed by atoms with Gasteiger partial charge in [-0.25, -0.2) is 0 Å². The maximum Gasteiger partial charge on any atom is 0.295 e. The zero-order valence-corrected chi connectivity index (χ0v) is 11.4. The summed E-state index contributed by atoms with van der Waals surface area (Å²) < 4.78 is 31.4. The average molecular weight is 296 g/mol. The van der Waals surface area contributed by atoms with E-state index in [0.29, 0.717) is 11.4 Å². The van der Waals surface area contributed by atoms with Crippen molar-refractivity contribution < 1.29 is 13.0 Å². The van der Waals surface area contributed by atoms with Crippen LogP contribution in [-0.4, -0.2) is 13.0 Å². The predicted molar refractivity (Wildman–Crippen MR) is 77.6 cm³/mol. The molecule has 19 heavy (non-hydrogen) atoms. The third-order valence-electron chi connectivity index (χ3n) is 2.44.